The summed E-state index contributed by atoms with van der Waals surface area (Å²) in [6, 6.07) is 15.4. The van der Waals surface area contributed by atoms with E-state index in [9.17, 15) is 4.79 Å². The van der Waals surface area contributed by atoms with Crippen LogP contribution in [-0.2, 0) is 11.2 Å². The molecule has 0 unspecified atom stereocenters. The largest absolute Gasteiger partial charge is 0.398 e. The average molecular weight is 281 g/mol. The number of hydrogen-bond acceptors (Lipinski definition) is 3. The van der Waals surface area contributed by atoms with E-state index in [2.05, 4.69) is 10.2 Å². The maximum Gasteiger partial charge on any atom is 0.243 e. The van der Waals surface area contributed by atoms with Gasteiger partial charge in [0, 0.05) is 23.6 Å². The zero-order chi connectivity index (χ0) is 14.7. The monoisotopic (exact) mass is 281 g/mol. The molecular weight excluding hydrogens is 262 g/mol. The van der Waals surface area contributed by atoms with Crippen molar-refractivity contribution in [1.29, 1.82) is 0 Å². The standard InChI is InChI=1S/C17H19N3O/c18-15-9-4-10-16-14(15)8-5-11-20(16)12-17(21)19-13-6-2-1-3-7-13/h1-4,6-7,9-10H,5,8,11-12,18H2,(H,19,21). The molecule has 3 N–H and O–H groups in total. The number of nitrogens with zero attached hydrogens (tertiary/aromatic N) is 1. The van der Waals surface area contributed by atoms with Crippen LogP contribution in [0, 0.1) is 0 Å². The number of carbonyl (C=O) groups is 1. The van der Waals surface area contributed by atoms with E-state index < -0.39 is 0 Å². The number of nitrogens with one attached hydrogen (secondary N) is 1. The maximum atomic E-state index is 12.2. The van der Waals surface area contributed by atoms with Crippen LogP contribution in [0.1, 0.15) is 12.0 Å². The van der Waals surface area contributed by atoms with E-state index in [1.54, 1.807) is 0 Å². The Morgan fingerprint density at radius 2 is 1.95 bits per heavy atom. The zero-order valence-corrected chi connectivity index (χ0v) is 11.9. The number of nitrogen functional groups attached to an aromatic ring is 1. The number of fused-ring (bicyclic) bond motifs is 1. The zero-order valence-electron chi connectivity index (χ0n) is 11.9. The number of carbonyl (C=O) groups excluding carboxylic acids is 1. The molecule has 4 nitrogen and oxygen atoms in total. The summed E-state index contributed by atoms with van der Waals surface area (Å²) in [6.45, 7) is 1.24. The van der Waals surface area contributed by atoms with E-state index >= 15 is 0 Å². The van der Waals surface area contributed by atoms with Gasteiger partial charge in [0.15, 0.2) is 0 Å². The quantitative estimate of drug-likeness (QED) is 0.850. The minimum atomic E-state index is -0.00326. The van der Waals surface area contributed by atoms with Crippen LogP contribution in [0.2, 0.25) is 0 Å². The molecule has 1 aliphatic rings. The van der Waals surface area contributed by atoms with Crippen LogP contribution in [-0.4, -0.2) is 19.0 Å². The minimum Gasteiger partial charge on any atom is -0.398 e. The molecule has 0 aromatic heterocycles. The maximum absolute atomic E-state index is 12.2. The molecule has 0 bridgehead atoms. The Morgan fingerprint density at radius 1 is 1.14 bits per heavy atom. The molecular formula is C17H19N3O. The van der Waals surface area contributed by atoms with Gasteiger partial charge in [-0.3, -0.25) is 4.79 Å². The first kappa shape index (κ1) is 13.5. The number of anilines is 3. The third-order valence-electron chi connectivity index (χ3n) is 3.78. The van der Waals surface area contributed by atoms with Crippen molar-refractivity contribution in [2.24, 2.45) is 0 Å². The second-order valence-electron chi connectivity index (χ2n) is 5.28. The van der Waals surface area contributed by atoms with Crippen molar-refractivity contribution >= 4 is 23.0 Å². The lowest BCUT2D eigenvalue weighted by molar-refractivity contribution is -0.115. The van der Waals surface area contributed by atoms with Gasteiger partial charge in [0.05, 0.1) is 6.54 Å². The van der Waals surface area contributed by atoms with Crippen LogP contribution < -0.4 is 16.0 Å². The Labute approximate surface area is 124 Å². The molecule has 21 heavy (non-hydrogen) atoms. The first-order valence-corrected chi connectivity index (χ1v) is 7.21. The lowest BCUT2D eigenvalue weighted by Gasteiger charge is -2.31. The Kier molecular flexibility index (Phi) is 3.77. The third kappa shape index (κ3) is 2.99. The van der Waals surface area contributed by atoms with Gasteiger partial charge in [-0.2, -0.15) is 0 Å². The highest BCUT2D eigenvalue weighted by molar-refractivity contribution is 5.94. The second kappa shape index (κ2) is 5.87. The fraction of sp³-hybridized carbons (Fsp3) is 0.235. The molecule has 3 rings (SSSR count). The van der Waals surface area contributed by atoms with Crippen LogP contribution in [0.15, 0.2) is 48.5 Å². The van der Waals surface area contributed by atoms with Crippen molar-refractivity contribution in [3.05, 3.63) is 54.1 Å². The van der Waals surface area contributed by atoms with Crippen LogP contribution >= 0.6 is 0 Å². The molecule has 1 heterocycles. The molecule has 0 saturated carbocycles. The number of rotatable bonds is 3. The van der Waals surface area contributed by atoms with Crippen LogP contribution in [0.25, 0.3) is 0 Å². The van der Waals surface area contributed by atoms with Gasteiger partial charge in [0.1, 0.15) is 0 Å². The van der Waals surface area contributed by atoms with Crippen molar-refractivity contribution in [2.45, 2.75) is 12.8 Å². The number of benzene rings is 2. The van der Waals surface area contributed by atoms with Crippen molar-refractivity contribution in [3.63, 3.8) is 0 Å². The van der Waals surface area contributed by atoms with Crippen molar-refractivity contribution in [2.75, 3.05) is 29.0 Å². The van der Waals surface area contributed by atoms with E-state index in [1.165, 1.54) is 0 Å². The van der Waals surface area contributed by atoms with Gasteiger partial charge in [-0.25, -0.2) is 0 Å². The molecule has 2 aromatic rings. The average Bonchev–Trinajstić information content (AvgIpc) is 2.49. The molecule has 0 spiro atoms. The highest BCUT2D eigenvalue weighted by atomic mass is 16.2. The van der Waals surface area contributed by atoms with Crippen LogP contribution in [0.4, 0.5) is 17.1 Å². The smallest absolute Gasteiger partial charge is 0.243 e. The van der Waals surface area contributed by atoms with E-state index in [4.69, 9.17) is 5.73 Å². The Hall–Kier alpha value is -2.49. The summed E-state index contributed by atoms with van der Waals surface area (Å²) in [4.78, 5) is 14.3. The molecule has 0 fully saturated rings. The lowest BCUT2D eigenvalue weighted by atomic mass is 10.00. The fourth-order valence-electron chi connectivity index (χ4n) is 2.79. The van der Waals surface area contributed by atoms with Gasteiger partial charge in [0.25, 0.3) is 0 Å². The van der Waals surface area contributed by atoms with E-state index in [0.29, 0.717) is 6.54 Å². The third-order valence-corrected chi connectivity index (χ3v) is 3.78. The van der Waals surface area contributed by atoms with Crippen molar-refractivity contribution in [1.82, 2.24) is 0 Å². The summed E-state index contributed by atoms with van der Waals surface area (Å²) in [5.74, 6) is -0.00326. The molecule has 4 heteroatoms. The van der Waals surface area contributed by atoms with Gasteiger partial charge in [-0.15, -0.1) is 0 Å². The van der Waals surface area contributed by atoms with Crippen LogP contribution in [0.5, 0.6) is 0 Å². The summed E-state index contributed by atoms with van der Waals surface area (Å²) < 4.78 is 0. The van der Waals surface area contributed by atoms with E-state index in [0.717, 1.165) is 42.0 Å². The van der Waals surface area contributed by atoms with Gasteiger partial charge in [-0.1, -0.05) is 24.3 Å². The van der Waals surface area contributed by atoms with E-state index in [1.807, 2.05) is 48.5 Å². The number of para-hydroxylation sites is 1. The summed E-state index contributed by atoms with van der Waals surface area (Å²) in [6.07, 6.45) is 2.01. The summed E-state index contributed by atoms with van der Waals surface area (Å²) in [5.41, 5.74) is 9.93. The highest BCUT2D eigenvalue weighted by Gasteiger charge is 2.20. The SMILES string of the molecule is Nc1cccc2c1CCCN2CC(=O)Nc1ccccc1. The molecule has 0 atom stereocenters. The normalized spacial score (nSPS) is 13.6. The Balaban J connectivity index is 1.72. The van der Waals surface area contributed by atoms with Gasteiger partial charge in [-0.05, 0) is 42.7 Å². The molecule has 2 aromatic carbocycles. The molecule has 0 aliphatic carbocycles. The molecule has 108 valence electrons. The summed E-state index contributed by atoms with van der Waals surface area (Å²) in [7, 11) is 0. The summed E-state index contributed by atoms with van der Waals surface area (Å²) >= 11 is 0. The van der Waals surface area contributed by atoms with Gasteiger partial charge < -0.3 is 16.0 Å². The lowest BCUT2D eigenvalue weighted by Crippen LogP contribution is -2.37. The Morgan fingerprint density at radius 3 is 2.76 bits per heavy atom. The highest BCUT2D eigenvalue weighted by Crippen LogP contribution is 2.30. The molecule has 0 radical (unpaired) electrons. The number of hydrogen-bond donors (Lipinski definition) is 2. The number of amides is 1. The second-order valence-corrected chi connectivity index (χ2v) is 5.28. The van der Waals surface area contributed by atoms with Crippen LogP contribution in [0.3, 0.4) is 0 Å². The summed E-state index contributed by atoms with van der Waals surface area (Å²) in [5, 5.41) is 2.92. The number of nitrogens with two attached hydrogens (primary N) is 1. The van der Waals surface area contributed by atoms with E-state index in [-0.39, 0.29) is 5.91 Å². The molecule has 0 saturated heterocycles. The minimum absolute atomic E-state index is 0.00326. The van der Waals surface area contributed by atoms with Gasteiger partial charge >= 0.3 is 0 Å². The predicted molar refractivity (Wildman–Crippen MR) is 86.5 cm³/mol. The van der Waals surface area contributed by atoms with Crippen molar-refractivity contribution < 1.29 is 4.79 Å². The van der Waals surface area contributed by atoms with Gasteiger partial charge in [0.2, 0.25) is 5.91 Å². The molecule has 1 amide bonds. The molecule has 1 aliphatic heterocycles. The Bertz CT molecular complexity index is 640. The first-order valence-electron chi connectivity index (χ1n) is 7.21. The fourth-order valence-corrected chi connectivity index (χ4v) is 2.79. The van der Waals surface area contributed by atoms with Crippen molar-refractivity contribution in [3.8, 4) is 0 Å². The topological polar surface area (TPSA) is 58.4 Å². The first-order chi connectivity index (χ1) is 10.2. The predicted octanol–water partition coefficient (Wildman–Crippen LogP) is 2.66.